The molecule has 18 heavy (non-hydrogen) atoms. The van der Waals surface area contributed by atoms with E-state index < -0.39 is 0 Å². The first-order valence-corrected chi connectivity index (χ1v) is 7.39. The molecule has 0 aliphatic heterocycles. The van der Waals surface area contributed by atoms with Crippen LogP contribution < -0.4 is 4.74 Å². The third-order valence-electron chi connectivity index (χ3n) is 2.84. The van der Waals surface area contributed by atoms with E-state index in [1.54, 1.807) is 12.1 Å². The van der Waals surface area contributed by atoms with Gasteiger partial charge >= 0.3 is 0 Å². The van der Waals surface area contributed by atoms with E-state index >= 15 is 0 Å². The van der Waals surface area contributed by atoms with Gasteiger partial charge in [-0.15, -0.1) is 0 Å². The zero-order chi connectivity index (χ0) is 13.4. The van der Waals surface area contributed by atoms with E-state index in [-0.39, 0.29) is 0 Å². The molecule has 0 spiro atoms. The Morgan fingerprint density at radius 2 is 2.28 bits per heavy atom. The number of likely N-dealkylation sites (N-methyl/N-ethyl adjacent to an activating group) is 1. The van der Waals surface area contributed by atoms with Crippen LogP contribution in [0.5, 0.6) is 5.75 Å². The van der Waals surface area contributed by atoms with E-state index in [9.17, 15) is 0 Å². The number of nitriles is 1. The molecule has 0 radical (unpaired) electrons. The molecule has 1 unspecified atom stereocenters. The summed E-state index contributed by atoms with van der Waals surface area (Å²) in [4.78, 5) is 2.28. The molecule has 98 valence electrons. The lowest BCUT2D eigenvalue weighted by Gasteiger charge is -2.23. The molecule has 0 aromatic heterocycles. The SMILES string of the molecule is CSCC(C)N(C)CCOc1cccc(C#N)c1. The van der Waals surface area contributed by atoms with Crippen molar-refractivity contribution in [2.45, 2.75) is 13.0 Å². The van der Waals surface area contributed by atoms with Crippen LogP contribution in [0, 0.1) is 11.3 Å². The monoisotopic (exact) mass is 264 g/mol. The number of hydrogen-bond acceptors (Lipinski definition) is 4. The molecule has 3 nitrogen and oxygen atoms in total. The smallest absolute Gasteiger partial charge is 0.120 e. The topological polar surface area (TPSA) is 36.3 Å². The Balaban J connectivity index is 2.35. The van der Waals surface area contributed by atoms with Crippen molar-refractivity contribution in [2.75, 3.05) is 32.2 Å². The Morgan fingerprint density at radius 1 is 1.50 bits per heavy atom. The maximum Gasteiger partial charge on any atom is 0.120 e. The fourth-order valence-electron chi connectivity index (χ4n) is 1.55. The summed E-state index contributed by atoms with van der Waals surface area (Å²) in [5.41, 5.74) is 0.636. The molecule has 0 bridgehead atoms. The van der Waals surface area contributed by atoms with Crippen LogP contribution in [0.1, 0.15) is 12.5 Å². The molecule has 0 fully saturated rings. The van der Waals surface area contributed by atoms with Crippen LogP contribution in [0.15, 0.2) is 24.3 Å². The Labute approximate surface area is 114 Å². The van der Waals surface area contributed by atoms with Crippen LogP contribution in [-0.4, -0.2) is 43.1 Å². The quantitative estimate of drug-likeness (QED) is 0.758. The maximum absolute atomic E-state index is 8.79. The first-order chi connectivity index (χ1) is 8.67. The predicted molar refractivity (Wildman–Crippen MR) is 77.1 cm³/mol. The minimum absolute atomic E-state index is 0.550. The minimum atomic E-state index is 0.550. The zero-order valence-electron chi connectivity index (χ0n) is 11.2. The highest BCUT2D eigenvalue weighted by molar-refractivity contribution is 7.98. The summed E-state index contributed by atoms with van der Waals surface area (Å²) >= 11 is 1.85. The van der Waals surface area contributed by atoms with E-state index in [1.807, 2.05) is 23.9 Å². The molecule has 0 heterocycles. The Morgan fingerprint density at radius 3 is 2.94 bits per heavy atom. The van der Waals surface area contributed by atoms with Crippen molar-refractivity contribution >= 4 is 11.8 Å². The molecule has 1 aromatic rings. The molecule has 4 heteroatoms. The van der Waals surface area contributed by atoms with Crippen molar-refractivity contribution < 1.29 is 4.74 Å². The number of ether oxygens (including phenoxy) is 1. The van der Waals surface area contributed by atoms with Gasteiger partial charge < -0.3 is 4.74 Å². The normalized spacial score (nSPS) is 12.2. The standard InChI is InChI=1S/C14H20N2OS/c1-12(11-18-3)16(2)7-8-17-14-6-4-5-13(9-14)10-15/h4-6,9,12H,7-8,11H2,1-3H3. The molecule has 0 N–H and O–H groups in total. The first kappa shape index (κ1) is 14.9. The average molecular weight is 264 g/mol. The van der Waals surface area contributed by atoms with E-state index in [0.29, 0.717) is 18.2 Å². The Kier molecular flexibility index (Phi) is 6.63. The summed E-state index contributed by atoms with van der Waals surface area (Å²) in [5, 5.41) is 8.79. The van der Waals surface area contributed by atoms with Gasteiger partial charge in [-0.3, -0.25) is 4.90 Å². The number of thioether (sulfide) groups is 1. The molecule has 1 aromatic carbocycles. The zero-order valence-corrected chi connectivity index (χ0v) is 12.0. The molecule has 0 aliphatic carbocycles. The van der Waals surface area contributed by atoms with Gasteiger partial charge in [0, 0.05) is 18.3 Å². The van der Waals surface area contributed by atoms with Gasteiger partial charge in [-0.25, -0.2) is 0 Å². The highest BCUT2D eigenvalue weighted by Gasteiger charge is 2.07. The van der Waals surface area contributed by atoms with Crippen molar-refractivity contribution in [2.24, 2.45) is 0 Å². The van der Waals surface area contributed by atoms with Gasteiger partial charge in [-0.05, 0) is 38.4 Å². The van der Waals surface area contributed by atoms with Gasteiger partial charge in [0.15, 0.2) is 0 Å². The number of benzene rings is 1. The second-order valence-corrected chi connectivity index (χ2v) is 5.18. The first-order valence-electron chi connectivity index (χ1n) is 5.99. The summed E-state index contributed by atoms with van der Waals surface area (Å²) in [6.07, 6.45) is 2.12. The van der Waals surface area contributed by atoms with E-state index in [1.165, 1.54) is 0 Å². The molecule has 1 atom stereocenters. The lowest BCUT2D eigenvalue weighted by Crippen LogP contribution is -2.34. The maximum atomic E-state index is 8.79. The van der Waals surface area contributed by atoms with Crippen LogP contribution in [0.2, 0.25) is 0 Å². The minimum Gasteiger partial charge on any atom is -0.492 e. The summed E-state index contributed by atoms with van der Waals surface area (Å²) in [6.45, 7) is 3.75. The van der Waals surface area contributed by atoms with Crippen LogP contribution in [0.25, 0.3) is 0 Å². The summed E-state index contributed by atoms with van der Waals surface area (Å²) in [5.74, 6) is 1.89. The highest BCUT2D eigenvalue weighted by atomic mass is 32.2. The lowest BCUT2D eigenvalue weighted by molar-refractivity contribution is 0.210. The van der Waals surface area contributed by atoms with Gasteiger partial charge in [0.25, 0.3) is 0 Å². The van der Waals surface area contributed by atoms with Crippen LogP contribution in [-0.2, 0) is 0 Å². The van der Waals surface area contributed by atoms with Gasteiger partial charge in [0.05, 0.1) is 11.6 Å². The number of nitrogens with zero attached hydrogens (tertiary/aromatic N) is 2. The van der Waals surface area contributed by atoms with Crippen LogP contribution >= 0.6 is 11.8 Å². The molecular formula is C14H20N2OS. The average Bonchev–Trinajstić information content (AvgIpc) is 2.39. The van der Waals surface area contributed by atoms with Crippen molar-refractivity contribution in [1.29, 1.82) is 5.26 Å². The molecule has 1 rings (SSSR count). The molecule has 0 amide bonds. The second kappa shape index (κ2) is 8.02. The number of hydrogen-bond donors (Lipinski definition) is 0. The van der Waals surface area contributed by atoms with E-state index in [2.05, 4.69) is 31.2 Å². The van der Waals surface area contributed by atoms with Gasteiger partial charge in [0.2, 0.25) is 0 Å². The van der Waals surface area contributed by atoms with Crippen molar-refractivity contribution in [3.8, 4) is 11.8 Å². The fourth-order valence-corrected chi connectivity index (χ4v) is 2.29. The third-order valence-corrected chi connectivity index (χ3v) is 3.65. The molecule has 0 saturated carbocycles. The predicted octanol–water partition coefficient (Wildman–Crippen LogP) is 2.62. The van der Waals surface area contributed by atoms with Crippen molar-refractivity contribution in [3.05, 3.63) is 29.8 Å². The van der Waals surface area contributed by atoms with Crippen molar-refractivity contribution in [1.82, 2.24) is 4.90 Å². The van der Waals surface area contributed by atoms with E-state index in [0.717, 1.165) is 18.0 Å². The summed E-state index contributed by atoms with van der Waals surface area (Å²) < 4.78 is 5.65. The van der Waals surface area contributed by atoms with Gasteiger partial charge in [-0.2, -0.15) is 17.0 Å². The van der Waals surface area contributed by atoms with Gasteiger partial charge in [-0.1, -0.05) is 6.07 Å². The highest BCUT2D eigenvalue weighted by Crippen LogP contribution is 2.12. The van der Waals surface area contributed by atoms with Crippen molar-refractivity contribution in [3.63, 3.8) is 0 Å². The second-order valence-electron chi connectivity index (χ2n) is 4.27. The lowest BCUT2D eigenvalue weighted by atomic mass is 10.2. The number of rotatable bonds is 7. The van der Waals surface area contributed by atoms with E-state index in [4.69, 9.17) is 10.00 Å². The third kappa shape index (κ3) is 4.99. The molecule has 0 saturated heterocycles. The van der Waals surface area contributed by atoms with Gasteiger partial charge in [0.1, 0.15) is 12.4 Å². The Hall–Kier alpha value is -1.18. The Bertz CT molecular complexity index is 403. The van der Waals surface area contributed by atoms with Crippen LogP contribution in [0.3, 0.4) is 0 Å². The fraction of sp³-hybridized carbons (Fsp3) is 0.500. The summed E-state index contributed by atoms with van der Waals surface area (Å²) in [7, 11) is 2.11. The molecule has 0 aliphatic rings. The molecular weight excluding hydrogens is 244 g/mol. The summed E-state index contributed by atoms with van der Waals surface area (Å²) in [6, 6.07) is 9.93. The van der Waals surface area contributed by atoms with Crippen LogP contribution in [0.4, 0.5) is 0 Å². The largest absolute Gasteiger partial charge is 0.492 e.